The summed E-state index contributed by atoms with van der Waals surface area (Å²) in [6, 6.07) is 14.0. The number of rotatable bonds is 5. The van der Waals surface area contributed by atoms with Crippen LogP contribution in [0.15, 0.2) is 53.4 Å². The van der Waals surface area contributed by atoms with E-state index in [0.717, 1.165) is 24.3 Å². The van der Waals surface area contributed by atoms with E-state index < -0.39 is 20.5 Å². The summed E-state index contributed by atoms with van der Waals surface area (Å²) in [4.78, 5) is 15.4. The van der Waals surface area contributed by atoms with Crippen LogP contribution in [0.4, 0.5) is 11.4 Å². The molecule has 0 radical (unpaired) electrons. The summed E-state index contributed by atoms with van der Waals surface area (Å²) in [5.41, 5.74) is 2.64. The summed E-state index contributed by atoms with van der Waals surface area (Å²) in [5, 5.41) is 2.86. The van der Waals surface area contributed by atoms with Crippen LogP contribution in [0, 0.1) is 6.92 Å². The lowest BCUT2D eigenvalue weighted by molar-refractivity contribution is -0.116. The van der Waals surface area contributed by atoms with Crippen molar-refractivity contribution in [3.05, 3.63) is 54.1 Å². The quantitative estimate of drug-likeness (QED) is 0.835. The molecule has 0 spiro atoms. The van der Waals surface area contributed by atoms with Crippen molar-refractivity contribution in [2.75, 3.05) is 36.5 Å². The molecule has 1 aliphatic heterocycles. The van der Waals surface area contributed by atoms with Crippen molar-refractivity contribution < 1.29 is 17.9 Å². The molecule has 7 heteroatoms. The normalized spacial score (nSPS) is 18.5. The molecule has 2 fully saturated rings. The molecule has 2 aliphatic rings. The summed E-state index contributed by atoms with van der Waals surface area (Å²) < 4.78 is 30.1. The Morgan fingerprint density at radius 2 is 1.75 bits per heavy atom. The number of amides is 1. The molecule has 1 heterocycles. The fraction of sp³-hybridized carbons (Fsp3) is 0.381. The molecule has 1 amide bonds. The molecule has 6 nitrogen and oxygen atoms in total. The number of nitrogens with zero attached hydrogens (tertiary/aromatic N) is 1. The Labute approximate surface area is 165 Å². The molecule has 0 unspecified atom stereocenters. The molecule has 4 rings (SSSR count). The van der Waals surface area contributed by atoms with E-state index in [2.05, 4.69) is 10.2 Å². The van der Waals surface area contributed by atoms with Crippen LogP contribution < -0.4 is 10.2 Å². The maximum absolute atomic E-state index is 13.0. The lowest BCUT2D eigenvalue weighted by Gasteiger charge is -2.29. The zero-order chi connectivity index (χ0) is 19.8. The van der Waals surface area contributed by atoms with Gasteiger partial charge in [-0.1, -0.05) is 18.2 Å². The van der Waals surface area contributed by atoms with Gasteiger partial charge in [0, 0.05) is 24.5 Å². The first-order chi connectivity index (χ1) is 13.4. The van der Waals surface area contributed by atoms with Crippen molar-refractivity contribution in [1.82, 2.24) is 0 Å². The molecule has 1 aliphatic carbocycles. The number of morpholine rings is 1. The van der Waals surface area contributed by atoms with E-state index in [9.17, 15) is 13.2 Å². The van der Waals surface area contributed by atoms with Crippen molar-refractivity contribution in [2.45, 2.75) is 29.4 Å². The van der Waals surface area contributed by atoms with Crippen molar-refractivity contribution in [2.24, 2.45) is 0 Å². The maximum Gasteiger partial charge on any atom is 0.246 e. The van der Waals surface area contributed by atoms with Gasteiger partial charge in [-0.25, -0.2) is 8.42 Å². The number of sulfone groups is 1. The number of benzene rings is 2. The summed E-state index contributed by atoms with van der Waals surface area (Å²) >= 11 is 0. The molecule has 0 bridgehead atoms. The number of anilines is 2. The van der Waals surface area contributed by atoms with E-state index >= 15 is 0 Å². The zero-order valence-electron chi connectivity index (χ0n) is 15.8. The second kappa shape index (κ2) is 7.22. The van der Waals surface area contributed by atoms with Gasteiger partial charge in [0.05, 0.1) is 18.1 Å². The van der Waals surface area contributed by atoms with Gasteiger partial charge in [0.25, 0.3) is 0 Å². The van der Waals surface area contributed by atoms with E-state index in [0.29, 0.717) is 31.7 Å². The molecule has 2 aromatic carbocycles. The second-order valence-corrected chi connectivity index (χ2v) is 9.62. The van der Waals surface area contributed by atoms with Crippen LogP contribution >= 0.6 is 0 Å². The number of nitrogens with one attached hydrogen (secondary N) is 1. The summed E-state index contributed by atoms with van der Waals surface area (Å²) in [6.07, 6.45) is 0.696. The van der Waals surface area contributed by atoms with E-state index in [1.807, 2.05) is 25.1 Å². The van der Waals surface area contributed by atoms with Gasteiger partial charge in [0.1, 0.15) is 0 Å². The molecular formula is C21H24N2O4S. The third-order valence-electron chi connectivity index (χ3n) is 5.52. The highest BCUT2D eigenvalue weighted by atomic mass is 32.2. The monoisotopic (exact) mass is 400 g/mol. The van der Waals surface area contributed by atoms with Crippen LogP contribution in [0.25, 0.3) is 0 Å². The first-order valence-electron chi connectivity index (χ1n) is 9.48. The highest BCUT2D eigenvalue weighted by Crippen LogP contribution is 2.47. The molecule has 1 saturated carbocycles. The molecule has 2 aromatic rings. The molecule has 1 saturated heterocycles. The van der Waals surface area contributed by atoms with E-state index in [1.165, 1.54) is 0 Å². The Morgan fingerprint density at radius 3 is 2.36 bits per heavy atom. The lowest BCUT2D eigenvalue weighted by Crippen LogP contribution is -2.38. The van der Waals surface area contributed by atoms with Crippen LogP contribution in [0.2, 0.25) is 0 Å². The number of ether oxygens (including phenoxy) is 1. The topological polar surface area (TPSA) is 75.7 Å². The molecule has 1 N–H and O–H groups in total. The first kappa shape index (κ1) is 19.0. The second-order valence-electron chi connectivity index (χ2n) is 7.36. The zero-order valence-corrected chi connectivity index (χ0v) is 16.7. The van der Waals surface area contributed by atoms with Crippen LogP contribution in [-0.4, -0.2) is 45.4 Å². The third kappa shape index (κ3) is 3.29. The predicted molar refractivity (Wildman–Crippen MR) is 108 cm³/mol. The van der Waals surface area contributed by atoms with Gasteiger partial charge < -0.3 is 15.0 Å². The Hall–Kier alpha value is -2.38. The molecular weight excluding hydrogens is 376 g/mol. The Balaban J connectivity index is 1.54. The SMILES string of the molecule is Cc1cc(N2CCOCC2)ccc1NC(=O)C1(S(=O)(=O)c2ccccc2)CC1. The minimum absolute atomic E-state index is 0.196. The largest absolute Gasteiger partial charge is 0.378 e. The maximum atomic E-state index is 13.0. The number of carbonyl (C=O) groups excluding carboxylic acids is 1. The van der Waals surface area contributed by atoms with Crippen molar-refractivity contribution >= 4 is 27.1 Å². The highest BCUT2D eigenvalue weighted by molar-refractivity contribution is 7.94. The summed E-state index contributed by atoms with van der Waals surface area (Å²) in [6.45, 7) is 5.01. The van der Waals surface area contributed by atoms with Crippen molar-refractivity contribution in [3.8, 4) is 0 Å². The number of carbonyl (C=O) groups is 1. The lowest BCUT2D eigenvalue weighted by atomic mass is 10.1. The Kier molecular flexibility index (Phi) is 4.89. The molecule has 0 atom stereocenters. The van der Waals surface area contributed by atoms with Crippen molar-refractivity contribution in [3.63, 3.8) is 0 Å². The smallest absolute Gasteiger partial charge is 0.246 e. The van der Waals surface area contributed by atoms with E-state index in [4.69, 9.17) is 4.74 Å². The molecule has 0 aromatic heterocycles. The Morgan fingerprint density at radius 1 is 1.07 bits per heavy atom. The standard InChI is InChI=1S/C21H24N2O4S/c1-16-15-17(23-11-13-27-14-12-23)7-8-19(16)22-20(24)21(9-10-21)28(25,26)18-5-3-2-4-6-18/h2-8,15H,9-14H2,1H3,(H,22,24). The van der Waals surface area contributed by atoms with Crippen LogP contribution in [-0.2, 0) is 19.4 Å². The number of hydrogen-bond acceptors (Lipinski definition) is 5. The Bertz CT molecular complexity index is 979. The average molecular weight is 401 g/mol. The average Bonchev–Trinajstić information content (AvgIpc) is 3.53. The van der Waals surface area contributed by atoms with Crippen LogP contribution in [0.3, 0.4) is 0 Å². The highest BCUT2D eigenvalue weighted by Gasteiger charge is 2.61. The van der Waals surface area contributed by atoms with Gasteiger partial charge in [-0.15, -0.1) is 0 Å². The molecule has 148 valence electrons. The summed E-state index contributed by atoms with van der Waals surface area (Å²) in [5.74, 6) is -0.446. The molecule has 28 heavy (non-hydrogen) atoms. The van der Waals surface area contributed by atoms with Crippen LogP contribution in [0.1, 0.15) is 18.4 Å². The van der Waals surface area contributed by atoms with E-state index in [-0.39, 0.29) is 4.90 Å². The van der Waals surface area contributed by atoms with Crippen molar-refractivity contribution in [1.29, 1.82) is 0 Å². The van der Waals surface area contributed by atoms with Crippen LogP contribution in [0.5, 0.6) is 0 Å². The third-order valence-corrected chi connectivity index (χ3v) is 8.04. The van der Waals surface area contributed by atoms with Gasteiger partial charge in [-0.2, -0.15) is 0 Å². The fourth-order valence-corrected chi connectivity index (χ4v) is 5.50. The first-order valence-corrected chi connectivity index (χ1v) is 11.0. The predicted octanol–water partition coefficient (Wildman–Crippen LogP) is 2.78. The van der Waals surface area contributed by atoms with Gasteiger partial charge >= 0.3 is 0 Å². The van der Waals surface area contributed by atoms with Gasteiger partial charge in [0.2, 0.25) is 5.91 Å². The van der Waals surface area contributed by atoms with Gasteiger partial charge in [0.15, 0.2) is 14.6 Å². The number of aryl methyl sites for hydroxylation is 1. The van der Waals surface area contributed by atoms with Gasteiger partial charge in [-0.3, -0.25) is 4.79 Å². The fourth-order valence-electron chi connectivity index (χ4n) is 3.60. The minimum Gasteiger partial charge on any atom is -0.378 e. The van der Waals surface area contributed by atoms with E-state index in [1.54, 1.807) is 30.3 Å². The van der Waals surface area contributed by atoms with Gasteiger partial charge in [-0.05, 0) is 55.7 Å². The number of hydrogen-bond donors (Lipinski definition) is 1. The minimum atomic E-state index is -3.72. The summed E-state index contributed by atoms with van der Waals surface area (Å²) in [7, 11) is -3.72.